The van der Waals surface area contributed by atoms with Gasteiger partial charge in [0.25, 0.3) is 0 Å². The van der Waals surface area contributed by atoms with E-state index in [1.807, 2.05) is 13.0 Å². The molecular formula is C23H24ClN7O2. The van der Waals surface area contributed by atoms with Crippen molar-refractivity contribution in [3.8, 4) is 17.3 Å². The molecule has 0 bridgehead atoms. The van der Waals surface area contributed by atoms with Gasteiger partial charge < -0.3 is 20.5 Å². The Hall–Kier alpha value is -3.19. The summed E-state index contributed by atoms with van der Waals surface area (Å²) in [6.07, 6.45) is 3.81. The first-order valence-corrected chi connectivity index (χ1v) is 11.3. The van der Waals surface area contributed by atoms with Gasteiger partial charge >= 0.3 is 0 Å². The summed E-state index contributed by atoms with van der Waals surface area (Å²) in [5.74, 6) is 1.07. The van der Waals surface area contributed by atoms with Gasteiger partial charge in [0.15, 0.2) is 5.15 Å². The molecular weight excluding hydrogens is 442 g/mol. The Labute approximate surface area is 196 Å². The Morgan fingerprint density at radius 2 is 2.30 bits per heavy atom. The lowest BCUT2D eigenvalue weighted by atomic mass is 9.83. The van der Waals surface area contributed by atoms with Gasteiger partial charge in [-0.15, -0.1) is 0 Å². The molecule has 3 aromatic rings. The van der Waals surface area contributed by atoms with Crippen molar-refractivity contribution in [3.63, 3.8) is 0 Å². The van der Waals surface area contributed by atoms with E-state index < -0.39 is 5.41 Å². The van der Waals surface area contributed by atoms with E-state index in [9.17, 15) is 10.4 Å². The van der Waals surface area contributed by atoms with Crippen LogP contribution < -0.4 is 10.6 Å². The molecule has 3 N–H and O–H groups in total. The maximum absolute atomic E-state index is 9.95. The number of benzene rings is 1. The largest absolute Gasteiger partial charge is 0.395 e. The molecule has 170 valence electrons. The number of aliphatic hydroxyl groups excluding tert-OH is 1. The lowest BCUT2D eigenvalue weighted by molar-refractivity contribution is 0.0945. The smallest absolute Gasteiger partial charge is 0.228 e. The zero-order valence-electron chi connectivity index (χ0n) is 18.2. The number of hydrogen-bond donors (Lipinski definition) is 3. The Balaban J connectivity index is 1.46. The van der Waals surface area contributed by atoms with Gasteiger partial charge in [0.2, 0.25) is 5.95 Å². The van der Waals surface area contributed by atoms with Crippen LogP contribution in [0.15, 0.2) is 30.5 Å². The molecule has 2 aliphatic rings. The summed E-state index contributed by atoms with van der Waals surface area (Å²) in [5.41, 5.74) is 3.19. The van der Waals surface area contributed by atoms with Crippen LogP contribution in [-0.2, 0) is 16.7 Å². The van der Waals surface area contributed by atoms with Gasteiger partial charge in [-0.3, -0.25) is 0 Å². The highest BCUT2D eigenvalue weighted by Gasteiger charge is 2.36. The predicted octanol–water partition coefficient (Wildman–Crippen LogP) is 3.46. The number of nitriles is 1. The topological polar surface area (TPSA) is 121 Å². The fourth-order valence-corrected chi connectivity index (χ4v) is 4.56. The van der Waals surface area contributed by atoms with Crippen LogP contribution in [0.25, 0.3) is 11.3 Å². The molecule has 0 aliphatic carbocycles. The van der Waals surface area contributed by atoms with Crippen LogP contribution in [0.5, 0.6) is 0 Å². The third-order valence-electron chi connectivity index (χ3n) is 6.26. The van der Waals surface area contributed by atoms with Crippen molar-refractivity contribution in [2.75, 3.05) is 30.4 Å². The third kappa shape index (κ3) is 4.13. The maximum Gasteiger partial charge on any atom is 0.228 e. The van der Waals surface area contributed by atoms with E-state index in [2.05, 4.69) is 31.8 Å². The number of aromatic nitrogens is 4. The molecule has 2 aromatic heterocycles. The normalized spacial score (nSPS) is 21.5. The minimum atomic E-state index is -0.462. The number of nitrogens with one attached hydrogen (secondary N) is 2. The molecule has 1 aromatic carbocycles. The fraction of sp³-hybridized carbons (Fsp3) is 0.391. The van der Waals surface area contributed by atoms with E-state index in [0.717, 1.165) is 36.3 Å². The molecule has 0 saturated carbocycles. The van der Waals surface area contributed by atoms with Crippen LogP contribution in [0.2, 0.25) is 5.15 Å². The van der Waals surface area contributed by atoms with Crippen molar-refractivity contribution >= 4 is 29.1 Å². The minimum absolute atomic E-state index is 0.0205. The molecule has 9 nitrogen and oxygen atoms in total. The van der Waals surface area contributed by atoms with Crippen molar-refractivity contribution in [2.45, 2.75) is 37.8 Å². The number of halogens is 1. The molecule has 2 aliphatic heterocycles. The zero-order chi connectivity index (χ0) is 23.0. The summed E-state index contributed by atoms with van der Waals surface area (Å²) in [5, 5.41) is 30.8. The Morgan fingerprint density at radius 3 is 3.06 bits per heavy atom. The van der Waals surface area contributed by atoms with Gasteiger partial charge in [0, 0.05) is 36.4 Å². The molecule has 5 rings (SSSR count). The average molecular weight is 466 g/mol. The van der Waals surface area contributed by atoms with Gasteiger partial charge in [0.05, 0.1) is 36.2 Å². The summed E-state index contributed by atoms with van der Waals surface area (Å²) in [6, 6.07) is 9.57. The standard InChI is InChI=1S/C23H24ClN7O2/c1-23(13-32)12-27-21-15(10-25)7-14(8-17(21)23)18-4-5-26-22(28-18)29-20-9-19(24)30-31(20)11-16-3-2-6-33-16/h4-5,7-9,16,27,32H,2-3,6,11-13H2,1H3,(H,26,28,29)/t16-,23?/m1/s1. The lowest BCUT2D eigenvalue weighted by Crippen LogP contribution is -2.28. The molecule has 0 spiro atoms. The average Bonchev–Trinajstić information content (AvgIpc) is 3.54. The van der Waals surface area contributed by atoms with Gasteiger partial charge in [-0.05, 0) is 36.6 Å². The van der Waals surface area contributed by atoms with Crippen molar-refractivity contribution in [1.29, 1.82) is 5.26 Å². The second-order valence-electron chi connectivity index (χ2n) is 8.69. The van der Waals surface area contributed by atoms with Crippen LogP contribution in [0.4, 0.5) is 17.5 Å². The van der Waals surface area contributed by atoms with Crippen LogP contribution in [-0.4, -0.2) is 50.7 Å². The van der Waals surface area contributed by atoms with E-state index in [1.165, 1.54) is 0 Å². The van der Waals surface area contributed by atoms with Crippen molar-refractivity contribution < 1.29 is 9.84 Å². The monoisotopic (exact) mass is 465 g/mol. The summed E-state index contributed by atoms with van der Waals surface area (Å²) in [6.45, 7) is 3.89. The molecule has 0 amide bonds. The number of nitrogens with zero attached hydrogens (tertiary/aromatic N) is 5. The SMILES string of the molecule is CC1(CO)CNc2c(C#N)cc(-c3ccnc(Nc4cc(Cl)nn4C[C@H]4CCCO4)n3)cc21. The molecule has 0 radical (unpaired) electrons. The summed E-state index contributed by atoms with van der Waals surface area (Å²) < 4.78 is 7.49. The predicted molar refractivity (Wildman–Crippen MR) is 125 cm³/mol. The molecule has 10 heteroatoms. The Bertz CT molecular complexity index is 1230. The second-order valence-corrected chi connectivity index (χ2v) is 9.08. The summed E-state index contributed by atoms with van der Waals surface area (Å²) in [4.78, 5) is 9.01. The number of ether oxygens (including phenoxy) is 1. The molecule has 2 atom stereocenters. The highest BCUT2D eigenvalue weighted by molar-refractivity contribution is 6.29. The van der Waals surface area contributed by atoms with Gasteiger partial charge in [-0.1, -0.05) is 18.5 Å². The molecule has 1 fully saturated rings. The van der Waals surface area contributed by atoms with E-state index in [-0.39, 0.29) is 12.7 Å². The molecule has 1 saturated heterocycles. The third-order valence-corrected chi connectivity index (χ3v) is 6.44. The van der Waals surface area contributed by atoms with Gasteiger partial charge in [0.1, 0.15) is 11.9 Å². The van der Waals surface area contributed by atoms with Crippen molar-refractivity contribution in [1.82, 2.24) is 19.7 Å². The van der Waals surface area contributed by atoms with E-state index in [1.54, 1.807) is 29.1 Å². The van der Waals surface area contributed by atoms with E-state index in [4.69, 9.17) is 16.3 Å². The lowest BCUT2D eigenvalue weighted by Gasteiger charge is -2.21. The number of fused-ring (bicyclic) bond motifs is 1. The fourth-order valence-electron chi connectivity index (χ4n) is 4.37. The molecule has 33 heavy (non-hydrogen) atoms. The highest BCUT2D eigenvalue weighted by atomic mass is 35.5. The minimum Gasteiger partial charge on any atom is -0.395 e. The first kappa shape index (κ1) is 21.6. The number of aliphatic hydroxyl groups is 1. The quantitative estimate of drug-likeness (QED) is 0.506. The number of hydrogen-bond acceptors (Lipinski definition) is 8. The first-order valence-electron chi connectivity index (χ1n) is 10.9. The second kappa shape index (κ2) is 8.63. The maximum atomic E-state index is 9.95. The summed E-state index contributed by atoms with van der Waals surface area (Å²) >= 11 is 6.16. The Kier molecular flexibility index (Phi) is 5.66. The first-order chi connectivity index (χ1) is 16.0. The van der Waals surface area contributed by atoms with Crippen molar-refractivity contribution in [3.05, 3.63) is 46.7 Å². The molecule has 1 unspecified atom stereocenters. The highest BCUT2D eigenvalue weighted by Crippen LogP contribution is 2.41. The van der Waals surface area contributed by atoms with Gasteiger partial charge in [-0.2, -0.15) is 10.4 Å². The number of rotatable bonds is 6. The van der Waals surface area contributed by atoms with Crippen LogP contribution in [0.3, 0.4) is 0 Å². The van der Waals surface area contributed by atoms with Gasteiger partial charge in [-0.25, -0.2) is 14.6 Å². The Morgan fingerprint density at radius 1 is 1.42 bits per heavy atom. The van der Waals surface area contributed by atoms with Crippen LogP contribution in [0.1, 0.15) is 30.9 Å². The van der Waals surface area contributed by atoms with Crippen LogP contribution in [0, 0.1) is 11.3 Å². The van der Waals surface area contributed by atoms with Crippen LogP contribution >= 0.6 is 11.6 Å². The molecule has 4 heterocycles. The number of anilines is 3. The summed E-state index contributed by atoms with van der Waals surface area (Å²) in [7, 11) is 0. The zero-order valence-corrected chi connectivity index (χ0v) is 18.9. The van der Waals surface area contributed by atoms with Crippen molar-refractivity contribution in [2.24, 2.45) is 0 Å². The van der Waals surface area contributed by atoms with E-state index >= 15 is 0 Å². The van der Waals surface area contributed by atoms with E-state index in [0.29, 0.717) is 41.3 Å².